The number of fused-ring (bicyclic) bond motifs is 1. The van der Waals surface area contributed by atoms with Crippen LogP contribution in [-0.4, -0.2) is 70.1 Å². The fourth-order valence-electron chi connectivity index (χ4n) is 4.31. The second-order valence-corrected chi connectivity index (χ2v) is 9.31. The molecule has 1 amide bonds. The van der Waals surface area contributed by atoms with Crippen LogP contribution in [0.25, 0.3) is 22.4 Å². The number of rotatable bonds is 5. The van der Waals surface area contributed by atoms with Crippen molar-refractivity contribution in [2.75, 3.05) is 44.3 Å². The number of nitrogens with zero attached hydrogens (tertiary/aromatic N) is 6. The molecule has 0 spiro atoms. The van der Waals surface area contributed by atoms with E-state index in [9.17, 15) is 4.79 Å². The number of benzene rings is 1. The monoisotopic (exact) mass is 422 g/mol. The molecule has 9 nitrogen and oxygen atoms in total. The predicted molar refractivity (Wildman–Crippen MR) is 114 cm³/mol. The smallest absolute Gasteiger partial charge is 0.266 e. The second kappa shape index (κ2) is 7.05. The van der Waals surface area contributed by atoms with Crippen molar-refractivity contribution in [2.24, 2.45) is 5.41 Å². The van der Waals surface area contributed by atoms with E-state index in [1.165, 1.54) is 12.8 Å². The van der Waals surface area contributed by atoms with Crippen LogP contribution in [0.3, 0.4) is 0 Å². The summed E-state index contributed by atoms with van der Waals surface area (Å²) in [7, 11) is 0. The van der Waals surface area contributed by atoms with Crippen molar-refractivity contribution in [3.63, 3.8) is 0 Å². The van der Waals surface area contributed by atoms with Crippen molar-refractivity contribution < 1.29 is 14.1 Å². The molecule has 2 aliphatic heterocycles. The molecular weight excluding hydrogens is 396 g/mol. The molecule has 0 atom stereocenters. The minimum Gasteiger partial charge on any atom is -0.377 e. The fraction of sp³-hybridized carbons (Fsp3) is 0.545. The first-order valence-electron chi connectivity index (χ1n) is 11.0. The van der Waals surface area contributed by atoms with Gasteiger partial charge in [-0.2, -0.15) is 10.1 Å². The van der Waals surface area contributed by atoms with Gasteiger partial charge in [-0.05, 0) is 35.5 Å². The van der Waals surface area contributed by atoms with Crippen molar-refractivity contribution in [3.05, 3.63) is 24.4 Å². The summed E-state index contributed by atoms with van der Waals surface area (Å²) in [5.74, 6) is 1.35. The van der Waals surface area contributed by atoms with Crippen molar-refractivity contribution in [3.8, 4) is 11.5 Å². The summed E-state index contributed by atoms with van der Waals surface area (Å²) in [5.41, 5.74) is 2.17. The number of hydrogen-bond donors (Lipinski definition) is 0. The van der Waals surface area contributed by atoms with Gasteiger partial charge >= 0.3 is 0 Å². The number of carbonyl (C=O) groups excluding carboxylic acids is 1. The summed E-state index contributed by atoms with van der Waals surface area (Å²) in [6, 6.07) is 6.35. The first kappa shape index (κ1) is 18.8. The van der Waals surface area contributed by atoms with E-state index in [1.54, 1.807) is 0 Å². The standard InChI is InChI=1S/C22H26N6O3/c1-22(4-5-22)11-19(29)26-6-8-27(9-7-26)21-24-20(31-25-21)15-2-3-16-12-23-28(18(16)10-15)17-13-30-14-17/h2-3,10,12,17H,4-9,11,13-14H2,1H3. The lowest BCUT2D eigenvalue weighted by atomic mass is 10.0. The Bertz CT molecular complexity index is 1120. The van der Waals surface area contributed by atoms with Crippen LogP contribution in [0.15, 0.2) is 28.9 Å². The topological polar surface area (TPSA) is 89.5 Å². The summed E-state index contributed by atoms with van der Waals surface area (Å²) in [6.45, 7) is 6.43. The minimum absolute atomic E-state index is 0.249. The van der Waals surface area contributed by atoms with Crippen molar-refractivity contribution in [2.45, 2.75) is 32.2 Å². The van der Waals surface area contributed by atoms with Crippen LogP contribution < -0.4 is 4.90 Å². The van der Waals surface area contributed by atoms with Gasteiger partial charge in [0.1, 0.15) is 0 Å². The quantitative estimate of drug-likeness (QED) is 0.624. The Kier molecular flexibility index (Phi) is 4.27. The van der Waals surface area contributed by atoms with Gasteiger partial charge in [-0.1, -0.05) is 13.0 Å². The maximum Gasteiger partial charge on any atom is 0.266 e. The van der Waals surface area contributed by atoms with Crippen molar-refractivity contribution in [1.29, 1.82) is 0 Å². The van der Waals surface area contributed by atoms with Gasteiger partial charge in [0.2, 0.25) is 5.91 Å². The summed E-state index contributed by atoms with van der Waals surface area (Å²) in [5, 5.41) is 9.79. The summed E-state index contributed by atoms with van der Waals surface area (Å²) in [6.07, 6.45) is 4.89. The summed E-state index contributed by atoms with van der Waals surface area (Å²) >= 11 is 0. The Morgan fingerprint density at radius 1 is 1.19 bits per heavy atom. The molecule has 162 valence electrons. The highest BCUT2D eigenvalue weighted by molar-refractivity contribution is 5.83. The molecule has 3 aromatic rings. The largest absolute Gasteiger partial charge is 0.377 e. The van der Waals surface area contributed by atoms with E-state index >= 15 is 0 Å². The number of ether oxygens (including phenoxy) is 1. The van der Waals surface area contributed by atoms with Gasteiger partial charge < -0.3 is 19.1 Å². The second-order valence-electron chi connectivity index (χ2n) is 9.31. The van der Waals surface area contributed by atoms with Gasteiger partial charge in [0, 0.05) is 43.5 Å². The molecule has 3 fully saturated rings. The van der Waals surface area contributed by atoms with Gasteiger partial charge in [0.25, 0.3) is 11.8 Å². The van der Waals surface area contributed by atoms with Gasteiger partial charge in [0.15, 0.2) is 0 Å². The molecule has 1 aliphatic carbocycles. The van der Waals surface area contributed by atoms with E-state index in [1.807, 2.05) is 34.0 Å². The predicted octanol–water partition coefficient (Wildman–Crippen LogP) is 2.50. The van der Waals surface area contributed by atoms with Crippen molar-refractivity contribution >= 4 is 22.8 Å². The van der Waals surface area contributed by atoms with Crippen molar-refractivity contribution in [1.82, 2.24) is 24.8 Å². The van der Waals surface area contributed by atoms with E-state index in [-0.39, 0.29) is 17.4 Å². The third-order valence-electron chi connectivity index (χ3n) is 6.82. The maximum atomic E-state index is 12.5. The lowest BCUT2D eigenvalue weighted by Crippen LogP contribution is -2.49. The van der Waals surface area contributed by atoms with Gasteiger partial charge in [-0.3, -0.25) is 9.48 Å². The highest BCUT2D eigenvalue weighted by Gasteiger charge is 2.40. The van der Waals surface area contributed by atoms with Gasteiger partial charge in [-0.15, -0.1) is 0 Å². The molecule has 9 heteroatoms. The van der Waals surface area contributed by atoms with Crippen LogP contribution >= 0.6 is 0 Å². The molecule has 1 saturated carbocycles. The van der Waals surface area contributed by atoms with Crippen LogP contribution in [0.2, 0.25) is 0 Å². The zero-order valence-electron chi connectivity index (χ0n) is 17.7. The number of carbonyl (C=O) groups is 1. The van der Waals surface area contributed by atoms with E-state index in [2.05, 4.69) is 27.1 Å². The molecule has 0 unspecified atom stereocenters. The Hall–Kier alpha value is -2.94. The summed E-state index contributed by atoms with van der Waals surface area (Å²) in [4.78, 5) is 21.2. The molecule has 3 aliphatic rings. The van der Waals surface area contributed by atoms with E-state index in [0.717, 1.165) is 29.6 Å². The molecule has 31 heavy (non-hydrogen) atoms. The highest BCUT2D eigenvalue weighted by atomic mass is 16.5. The Labute approximate surface area is 179 Å². The molecule has 0 N–H and O–H groups in total. The van der Waals surface area contributed by atoms with Crippen LogP contribution in [0.1, 0.15) is 32.2 Å². The van der Waals surface area contributed by atoms with Crippen LogP contribution in [0.5, 0.6) is 0 Å². The minimum atomic E-state index is 0.249. The first-order chi connectivity index (χ1) is 15.1. The average molecular weight is 422 g/mol. The highest BCUT2D eigenvalue weighted by Crippen LogP contribution is 2.48. The average Bonchev–Trinajstić information content (AvgIpc) is 3.15. The molecule has 4 heterocycles. The molecule has 2 saturated heterocycles. The Morgan fingerprint density at radius 3 is 2.71 bits per heavy atom. The summed E-state index contributed by atoms with van der Waals surface area (Å²) < 4.78 is 12.9. The molecule has 6 rings (SSSR count). The Balaban J connectivity index is 1.15. The fourth-order valence-corrected chi connectivity index (χ4v) is 4.31. The number of piperazine rings is 1. The number of aromatic nitrogens is 4. The normalized spacial score (nSPS) is 20.8. The molecule has 0 bridgehead atoms. The molecule has 2 aromatic heterocycles. The number of anilines is 1. The van der Waals surface area contributed by atoms with Gasteiger partial charge in [0.05, 0.1) is 31.0 Å². The molecular formula is C22H26N6O3. The lowest BCUT2D eigenvalue weighted by molar-refractivity contribution is -0.132. The molecule has 0 radical (unpaired) electrons. The Morgan fingerprint density at radius 2 is 2.00 bits per heavy atom. The SMILES string of the molecule is CC1(CC(=O)N2CCN(c3noc(-c4ccc5cnn(C6COC6)c5c4)n3)CC2)CC1. The van der Waals surface area contributed by atoms with E-state index < -0.39 is 0 Å². The first-order valence-corrected chi connectivity index (χ1v) is 11.0. The van der Waals surface area contributed by atoms with Crippen LogP contribution in [0, 0.1) is 5.41 Å². The van der Waals surface area contributed by atoms with Crippen LogP contribution in [-0.2, 0) is 9.53 Å². The third kappa shape index (κ3) is 3.46. The third-order valence-corrected chi connectivity index (χ3v) is 6.82. The van der Waals surface area contributed by atoms with Crippen LogP contribution in [0.4, 0.5) is 5.95 Å². The molecule has 1 aromatic carbocycles. The zero-order valence-corrected chi connectivity index (χ0v) is 17.7. The maximum absolute atomic E-state index is 12.5. The number of hydrogen-bond acceptors (Lipinski definition) is 7. The van der Waals surface area contributed by atoms with Gasteiger partial charge in [-0.25, -0.2) is 0 Å². The number of amides is 1. The lowest BCUT2D eigenvalue weighted by Gasteiger charge is -2.34. The zero-order chi connectivity index (χ0) is 21.0. The van der Waals surface area contributed by atoms with E-state index in [0.29, 0.717) is 44.6 Å². The van der Waals surface area contributed by atoms with E-state index in [4.69, 9.17) is 9.26 Å².